The fourth-order valence-corrected chi connectivity index (χ4v) is 4.08. The third kappa shape index (κ3) is 6.19. The van der Waals surface area contributed by atoms with E-state index in [1.54, 1.807) is 30.3 Å². The van der Waals surface area contributed by atoms with Crippen LogP contribution < -0.4 is 0 Å². The zero-order valence-corrected chi connectivity index (χ0v) is 24.1. The van der Waals surface area contributed by atoms with Crippen molar-refractivity contribution in [2.75, 3.05) is 0 Å². The molecule has 6 rings (SSSR count). The number of fused-ring (bicyclic) bond motifs is 3. The van der Waals surface area contributed by atoms with Crippen molar-refractivity contribution in [3.8, 4) is 22.5 Å². The monoisotopic (exact) mass is 698 g/mol. The predicted molar refractivity (Wildman–Crippen MR) is 157 cm³/mol. The molecular weight excluding hydrogens is 657 g/mol. The molecule has 0 aliphatic heterocycles. The molecule has 3 heterocycles. The van der Waals surface area contributed by atoms with Crippen LogP contribution in [-0.4, -0.2) is 9.97 Å². The van der Waals surface area contributed by atoms with Crippen molar-refractivity contribution in [2.24, 2.45) is 0 Å². The van der Waals surface area contributed by atoms with E-state index in [1.807, 2.05) is 30.5 Å². The summed E-state index contributed by atoms with van der Waals surface area (Å²) in [7, 11) is 0. The van der Waals surface area contributed by atoms with Gasteiger partial charge in [-0.2, -0.15) is 0 Å². The molecule has 0 unspecified atom stereocenters. The molecule has 0 atom stereocenters. The smallest absolute Gasteiger partial charge is 0.123 e. The normalized spacial score (nSPS) is 15.5. The van der Waals surface area contributed by atoms with Gasteiger partial charge in [0.25, 0.3) is 0 Å². The molecule has 0 saturated heterocycles. The van der Waals surface area contributed by atoms with Crippen LogP contribution in [0.2, 0.25) is 0 Å². The second-order valence-corrected chi connectivity index (χ2v) is 9.99. The van der Waals surface area contributed by atoms with Crippen LogP contribution >= 0.6 is 0 Å². The number of furan rings is 1. The average molecular weight is 698 g/mol. The summed E-state index contributed by atoms with van der Waals surface area (Å²) < 4.78 is 73.5. The van der Waals surface area contributed by atoms with Gasteiger partial charge in [-0.1, -0.05) is 81.0 Å². The Hall–Kier alpha value is -3.59. The van der Waals surface area contributed by atoms with Crippen molar-refractivity contribution in [1.29, 1.82) is 0 Å². The summed E-state index contributed by atoms with van der Waals surface area (Å²) in [6, 6.07) is 26.6. The molecule has 0 N–H and O–H groups in total. The van der Waals surface area contributed by atoms with Crippen molar-refractivity contribution in [2.45, 2.75) is 46.7 Å². The number of para-hydroxylation sites is 1. The van der Waals surface area contributed by atoms with Crippen LogP contribution in [0, 0.1) is 32.7 Å². The number of aryl methyl sites for hydroxylation is 3. The maximum absolute atomic E-state index is 7.73. The average Bonchev–Trinajstić information content (AvgIpc) is 3.39. The molecule has 3 aromatic heterocycles. The fraction of sp³-hybridized carbons (Fsp3) is 0.200. The number of hydrogen-bond acceptors (Lipinski definition) is 3. The second kappa shape index (κ2) is 11.7. The minimum absolute atomic E-state index is 0. The second-order valence-electron chi connectivity index (χ2n) is 9.99. The molecule has 0 amide bonds. The fourth-order valence-electron chi connectivity index (χ4n) is 4.08. The molecule has 3 nitrogen and oxygen atoms in total. The van der Waals surface area contributed by atoms with Gasteiger partial charge in [0.1, 0.15) is 5.58 Å². The number of benzene rings is 3. The number of aromatic nitrogens is 2. The standard InChI is InChI=1S/C19H14NO.C16H18N.Ir/c1-12-9-10-17(20-11-12)16-8-4-7-15-14-6-3-5-13(2)18(14)21-19(15)16;1-12-5-7-13(8-6-12)15-10-9-14(11-17-15)16(2,3)4;/h3-7,9-11H,1-2H3;5-7,9-11H,1-4H3;/q2*-1;/i1D3,2D3;1D3;. The van der Waals surface area contributed by atoms with Crippen molar-refractivity contribution in [3.05, 3.63) is 120 Å². The summed E-state index contributed by atoms with van der Waals surface area (Å²) in [5.74, 6) is 0. The van der Waals surface area contributed by atoms with E-state index >= 15 is 0 Å². The van der Waals surface area contributed by atoms with E-state index in [1.165, 1.54) is 30.0 Å². The van der Waals surface area contributed by atoms with Gasteiger partial charge in [-0.05, 0) is 47.2 Å². The van der Waals surface area contributed by atoms with Gasteiger partial charge < -0.3 is 14.4 Å². The Bertz CT molecular complexity index is 1950. The van der Waals surface area contributed by atoms with Crippen molar-refractivity contribution < 1.29 is 36.9 Å². The first-order valence-corrected chi connectivity index (χ1v) is 12.2. The summed E-state index contributed by atoms with van der Waals surface area (Å²) in [5, 5.41) is 1.46. The Kier molecular flexibility index (Phi) is 5.57. The van der Waals surface area contributed by atoms with E-state index in [-0.39, 0.29) is 36.6 Å². The maximum Gasteiger partial charge on any atom is 0.123 e. The van der Waals surface area contributed by atoms with Gasteiger partial charge in [-0.15, -0.1) is 53.6 Å². The molecule has 0 bridgehead atoms. The molecule has 0 spiro atoms. The third-order valence-electron chi connectivity index (χ3n) is 6.20. The number of pyridine rings is 2. The molecule has 0 fully saturated rings. The van der Waals surface area contributed by atoms with E-state index in [2.05, 4.69) is 42.9 Å². The minimum atomic E-state index is -2.29. The first kappa shape index (κ1) is 18.7. The molecule has 39 heavy (non-hydrogen) atoms. The van der Waals surface area contributed by atoms with Gasteiger partial charge in [0.05, 0.1) is 5.58 Å². The Morgan fingerprint density at radius 3 is 2.15 bits per heavy atom. The third-order valence-corrected chi connectivity index (χ3v) is 6.20. The van der Waals surface area contributed by atoms with Gasteiger partial charge in [0.2, 0.25) is 0 Å². The first-order valence-electron chi connectivity index (χ1n) is 16.7. The van der Waals surface area contributed by atoms with Crippen LogP contribution in [0.25, 0.3) is 44.5 Å². The van der Waals surface area contributed by atoms with Gasteiger partial charge in [-0.3, -0.25) is 0 Å². The summed E-state index contributed by atoms with van der Waals surface area (Å²) in [4.78, 5) is 8.68. The van der Waals surface area contributed by atoms with Gasteiger partial charge in [0, 0.05) is 50.2 Å². The topological polar surface area (TPSA) is 38.9 Å². The molecule has 1 radical (unpaired) electrons. The molecule has 6 aromatic rings. The van der Waals surface area contributed by atoms with Crippen LogP contribution in [0.5, 0.6) is 0 Å². The molecular formula is C35H32IrN2O-2. The Labute approximate surface area is 257 Å². The minimum Gasteiger partial charge on any atom is -0.500 e. The van der Waals surface area contributed by atoms with E-state index in [0.717, 1.165) is 16.6 Å². The Morgan fingerprint density at radius 1 is 0.744 bits per heavy atom. The van der Waals surface area contributed by atoms with E-state index < -0.39 is 20.6 Å². The molecule has 4 heteroatoms. The van der Waals surface area contributed by atoms with Crippen molar-refractivity contribution in [1.82, 2.24) is 9.97 Å². The van der Waals surface area contributed by atoms with Crippen LogP contribution in [0.1, 0.15) is 55.4 Å². The van der Waals surface area contributed by atoms with Crippen LogP contribution in [-0.2, 0) is 25.5 Å². The zero-order chi connectivity index (χ0) is 34.4. The van der Waals surface area contributed by atoms with Crippen molar-refractivity contribution >= 4 is 21.9 Å². The van der Waals surface area contributed by atoms with E-state index in [0.29, 0.717) is 33.4 Å². The van der Waals surface area contributed by atoms with Gasteiger partial charge in [-0.25, -0.2) is 0 Å². The van der Waals surface area contributed by atoms with Gasteiger partial charge in [0.15, 0.2) is 0 Å². The molecule has 0 saturated carbocycles. The molecule has 0 aliphatic rings. The van der Waals surface area contributed by atoms with E-state index in [9.17, 15) is 0 Å². The molecule has 0 aliphatic carbocycles. The first-order chi connectivity index (χ1) is 21.8. The quantitative estimate of drug-likeness (QED) is 0.170. The predicted octanol–water partition coefficient (Wildman–Crippen LogP) is 9.22. The number of hydrogen-bond donors (Lipinski definition) is 0. The SMILES string of the molecule is [2H]C([2H])([2H])c1c[c-]c(-c2ccc(C(C)(C)C)cn2)cc1.[2H]C([2H])([2H])c1ccc(-c2[c-]ccc3c2oc2c(C([2H])([2H])[2H])cccc23)nc1.[Ir]. The summed E-state index contributed by atoms with van der Waals surface area (Å²) in [5.41, 5.74) is 5.27. The van der Waals surface area contributed by atoms with Crippen molar-refractivity contribution in [3.63, 3.8) is 0 Å². The summed E-state index contributed by atoms with van der Waals surface area (Å²) in [6.07, 6.45) is 3.17. The largest absolute Gasteiger partial charge is 0.500 e. The van der Waals surface area contributed by atoms with E-state index in [4.69, 9.17) is 16.8 Å². The zero-order valence-electron chi connectivity index (χ0n) is 30.7. The maximum atomic E-state index is 7.73. The number of nitrogens with zero attached hydrogens (tertiary/aromatic N) is 2. The molecule has 199 valence electrons. The Morgan fingerprint density at radius 2 is 1.51 bits per heavy atom. The number of rotatable bonds is 2. The summed E-state index contributed by atoms with van der Waals surface area (Å²) >= 11 is 0. The van der Waals surface area contributed by atoms with Crippen LogP contribution in [0.15, 0.2) is 89.6 Å². The molecule has 3 aromatic carbocycles. The van der Waals surface area contributed by atoms with Crippen LogP contribution in [0.3, 0.4) is 0 Å². The summed E-state index contributed by atoms with van der Waals surface area (Å²) in [6.45, 7) is -0.187. The Balaban J connectivity index is 0.000000222. The van der Waals surface area contributed by atoms with Gasteiger partial charge >= 0.3 is 0 Å². The van der Waals surface area contributed by atoms with Crippen LogP contribution in [0.4, 0.5) is 0 Å².